The molecule has 1 atom stereocenters. The molecule has 1 aliphatic rings. The van der Waals surface area contributed by atoms with Gasteiger partial charge in [-0.3, -0.25) is 14.4 Å². The van der Waals surface area contributed by atoms with Crippen LogP contribution in [0.3, 0.4) is 0 Å². The summed E-state index contributed by atoms with van der Waals surface area (Å²) < 4.78 is 10.4. The van der Waals surface area contributed by atoms with Crippen LogP contribution in [0.4, 0.5) is 11.4 Å². The topological polar surface area (TPSA) is 84.9 Å². The minimum atomic E-state index is -0.671. The van der Waals surface area contributed by atoms with Gasteiger partial charge in [-0.25, -0.2) is 0 Å². The molecule has 2 aromatic rings. The molecule has 0 saturated carbocycles. The van der Waals surface area contributed by atoms with Gasteiger partial charge in [-0.15, -0.1) is 0 Å². The summed E-state index contributed by atoms with van der Waals surface area (Å²) in [5.41, 5.74) is 3.30. The Labute approximate surface area is 179 Å². The van der Waals surface area contributed by atoms with Crippen LogP contribution in [0, 0.1) is 19.8 Å². The van der Waals surface area contributed by atoms with Crippen molar-refractivity contribution < 1.29 is 23.9 Å². The summed E-state index contributed by atoms with van der Waals surface area (Å²) in [7, 11) is 1.49. The second kappa shape index (κ2) is 9.17. The van der Waals surface area contributed by atoms with Crippen molar-refractivity contribution in [3.05, 3.63) is 52.5 Å². The summed E-state index contributed by atoms with van der Waals surface area (Å²) in [4.78, 5) is 38.4. The van der Waals surface area contributed by atoms with E-state index < -0.39 is 24.4 Å². The van der Waals surface area contributed by atoms with E-state index in [0.29, 0.717) is 22.1 Å². The van der Waals surface area contributed by atoms with E-state index in [1.54, 1.807) is 24.3 Å². The van der Waals surface area contributed by atoms with E-state index in [1.807, 2.05) is 26.0 Å². The fraction of sp³-hybridized carbons (Fsp3) is 0.318. The molecule has 0 spiro atoms. The number of hydrogen-bond donors (Lipinski definition) is 1. The number of hydrogen-bond acceptors (Lipinski definition) is 5. The normalized spacial score (nSPS) is 15.8. The number of esters is 1. The second-order valence-electron chi connectivity index (χ2n) is 7.18. The third-order valence-corrected chi connectivity index (χ3v) is 5.26. The number of carbonyl (C=O) groups is 3. The van der Waals surface area contributed by atoms with Crippen molar-refractivity contribution >= 4 is 40.8 Å². The molecule has 1 N–H and O–H groups in total. The molecule has 3 rings (SSSR count). The molecule has 8 heteroatoms. The Bertz CT molecular complexity index is 991. The molecule has 1 aliphatic heterocycles. The highest BCUT2D eigenvalue weighted by Gasteiger charge is 2.37. The van der Waals surface area contributed by atoms with E-state index in [9.17, 15) is 14.4 Å². The number of ether oxygens (including phenoxy) is 2. The Balaban J connectivity index is 1.57. The number of rotatable bonds is 6. The Morgan fingerprint density at radius 1 is 1.17 bits per heavy atom. The maximum absolute atomic E-state index is 12.4. The number of amides is 2. The molecule has 158 valence electrons. The molecule has 1 fully saturated rings. The molecule has 1 saturated heterocycles. The number of anilines is 2. The van der Waals surface area contributed by atoms with Gasteiger partial charge in [0.05, 0.1) is 18.7 Å². The van der Waals surface area contributed by atoms with Crippen LogP contribution >= 0.6 is 11.6 Å². The van der Waals surface area contributed by atoms with Crippen LogP contribution in [0.1, 0.15) is 17.5 Å². The molecule has 2 aromatic carbocycles. The van der Waals surface area contributed by atoms with Crippen molar-refractivity contribution in [2.24, 2.45) is 5.92 Å². The number of nitrogens with zero attached hydrogens (tertiary/aromatic N) is 1. The van der Waals surface area contributed by atoms with Gasteiger partial charge < -0.3 is 19.7 Å². The fourth-order valence-electron chi connectivity index (χ4n) is 3.24. The summed E-state index contributed by atoms with van der Waals surface area (Å²) in [6, 6.07) is 10.5. The molecule has 0 aliphatic carbocycles. The lowest BCUT2D eigenvalue weighted by Crippen LogP contribution is -2.28. The smallest absolute Gasteiger partial charge is 0.311 e. The number of benzene rings is 2. The van der Waals surface area contributed by atoms with Gasteiger partial charge in [0.15, 0.2) is 6.61 Å². The average Bonchev–Trinajstić information content (AvgIpc) is 3.10. The number of aryl methyl sites for hydroxylation is 2. The summed E-state index contributed by atoms with van der Waals surface area (Å²) in [5.74, 6) is -1.46. The van der Waals surface area contributed by atoms with Gasteiger partial charge in [0.2, 0.25) is 5.91 Å². The van der Waals surface area contributed by atoms with Crippen LogP contribution in [-0.4, -0.2) is 38.0 Å². The Morgan fingerprint density at radius 3 is 2.63 bits per heavy atom. The zero-order valence-corrected chi connectivity index (χ0v) is 17.8. The SMILES string of the molecule is COc1ccc(Cl)cc1N1C[C@@H](C(=O)OCC(=O)Nc2ccc(C)c(C)c2)CC1=O. The second-order valence-corrected chi connectivity index (χ2v) is 7.61. The van der Waals surface area contributed by atoms with Crippen molar-refractivity contribution in [3.63, 3.8) is 0 Å². The van der Waals surface area contributed by atoms with Crippen molar-refractivity contribution in [3.8, 4) is 5.75 Å². The van der Waals surface area contributed by atoms with E-state index in [1.165, 1.54) is 12.0 Å². The van der Waals surface area contributed by atoms with Crippen LogP contribution < -0.4 is 15.0 Å². The molecule has 7 nitrogen and oxygen atoms in total. The molecule has 0 bridgehead atoms. The summed E-state index contributed by atoms with van der Waals surface area (Å²) in [6.07, 6.45) is -0.00667. The van der Waals surface area contributed by atoms with Crippen molar-refractivity contribution in [2.45, 2.75) is 20.3 Å². The monoisotopic (exact) mass is 430 g/mol. The number of nitrogens with one attached hydrogen (secondary N) is 1. The molecular weight excluding hydrogens is 408 g/mol. The first-order valence-corrected chi connectivity index (χ1v) is 9.84. The number of methoxy groups -OCH3 is 1. The number of halogens is 1. The number of carbonyl (C=O) groups excluding carboxylic acids is 3. The fourth-order valence-corrected chi connectivity index (χ4v) is 3.41. The van der Waals surface area contributed by atoms with E-state index in [-0.39, 0.29) is 18.9 Å². The predicted molar refractivity (Wildman–Crippen MR) is 114 cm³/mol. The molecule has 1 heterocycles. The first-order chi connectivity index (χ1) is 14.3. The Kier molecular flexibility index (Phi) is 6.62. The lowest BCUT2D eigenvalue weighted by Gasteiger charge is -2.19. The Hall–Kier alpha value is -3.06. The largest absolute Gasteiger partial charge is 0.495 e. The molecule has 0 radical (unpaired) electrons. The van der Waals surface area contributed by atoms with E-state index in [0.717, 1.165) is 11.1 Å². The molecule has 30 heavy (non-hydrogen) atoms. The van der Waals surface area contributed by atoms with Gasteiger partial charge in [-0.1, -0.05) is 17.7 Å². The minimum Gasteiger partial charge on any atom is -0.495 e. The van der Waals surface area contributed by atoms with Gasteiger partial charge in [0.1, 0.15) is 5.75 Å². The van der Waals surface area contributed by atoms with Crippen molar-refractivity contribution in [2.75, 3.05) is 30.5 Å². The van der Waals surface area contributed by atoms with Crippen molar-refractivity contribution in [1.82, 2.24) is 0 Å². The van der Waals surface area contributed by atoms with Crippen LogP contribution in [0.5, 0.6) is 5.75 Å². The zero-order chi connectivity index (χ0) is 21.8. The zero-order valence-electron chi connectivity index (χ0n) is 17.0. The first-order valence-electron chi connectivity index (χ1n) is 9.46. The quantitative estimate of drug-likeness (QED) is 0.709. The van der Waals surface area contributed by atoms with Gasteiger partial charge in [0, 0.05) is 23.7 Å². The van der Waals surface area contributed by atoms with E-state index in [2.05, 4.69) is 5.32 Å². The minimum absolute atomic E-state index is 0.00667. The predicted octanol–water partition coefficient (Wildman–Crippen LogP) is 3.50. The van der Waals surface area contributed by atoms with Crippen molar-refractivity contribution in [1.29, 1.82) is 0 Å². The summed E-state index contributed by atoms with van der Waals surface area (Å²) in [5, 5.41) is 3.15. The molecule has 0 aromatic heterocycles. The lowest BCUT2D eigenvalue weighted by atomic mass is 10.1. The van der Waals surface area contributed by atoms with Crippen LogP contribution in [0.25, 0.3) is 0 Å². The highest BCUT2D eigenvalue weighted by Crippen LogP contribution is 2.35. The van der Waals surface area contributed by atoms with Gasteiger partial charge in [0.25, 0.3) is 5.91 Å². The summed E-state index contributed by atoms with van der Waals surface area (Å²) in [6.45, 7) is 3.64. The van der Waals surface area contributed by atoms with E-state index in [4.69, 9.17) is 21.1 Å². The van der Waals surface area contributed by atoms with Crippen LogP contribution in [0.2, 0.25) is 5.02 Å². The third kappa shape index (κ3) is 4.91. The van der Waals surface area contributed by atoms with Gasteiger partial charge in [-0.2, -0.15) is 0 Å². The Morgan fingerprint density at radius 2 is 1.93 bits per heavy atom. The maximum atomic E-state index is 12.4. The van der Waals surface area contributed by atoms with Gasteiger partial charge >= 0.3 is 5.97 Å². The average molecular weight is 431 g/mol. The standard InChI is InChI=1S/C22H23ClN2O5/c1-13-4-6-17(8-14(13)2)24-20(26)12-30-22(28)15-9-21(27)25(11-15)18-10-16(23)5-7-19(18)29-3/h4-8,10,15H,9,11-12H2,1-3H3,(H,24,26)/t15-/m0/s1. The first kappa shape index (κ1) is 21.6. The maximum Gasteiger partial charge on any atom is 0.311 e. The third-order valence-electron chi connectivity index (χ3n) is 5.03. The van der Waals surface area contributed by atoms with E-state index >= 15 is 0 Å². The molecule has 0 unspecified atom stereocenters. The lowest BCUT2D eigenvalue weighted by molar-refractivity contribution is -0.151. The molecule has 2 amide bonds. The highest BCUT2D eigenvalue weighted by molar-refractivity contribution is 6.31. The summed E-state index contributed by atoms with van der Waals surface area (Å²) >= 11 is 6.04. The highest BCUT2D eigenvalue weighted by atomic mass is 35.5. The molecular formula is C22H23ClN2O5. The van der Waals surface area contributed by atoms with Gasteiger partial charge in [-0.05, 0) is 55.3 Å². The van der Waals surface area contributed by atoms with Crippen LogP contribution in [-0.2, 0) is 19.1 Å². The van der Waals surface area contributed by atoms with Crippen LogP contribution in [0.15, 0.2) is 36.4 Å².